The first-order valence-corrected chi connectivity index (χ1v) is 7.46. The molecule has 0 bridgehead atoms. The van der Waals surface area contributed by atoms with Crippen LogP contribution in [0.2, 0.25) is 0 Å². The van der Waals surface area contributed by atoms with Crippen molar-refractivity contribution < 1.29 is 0 Å². The highest BCUT2D eigenvalue weighted by molar-refractivity contribution is 7.40. The monoisotopic (exact) mass is 248 g/mol. The van der Waals surface area contributed by atoms with E-state index >= 15 is 0 Å². The second-order valence-corrected chi connectivity index (χ2v) is 6.46. The molecule has 0 aliphatic carbocycles. The zero-order chi connectivity index (χ0) is 10.1. The van der Waals surface area contributed by atoms with Crippen molar-refractivity contribution in [1.29, 1.82) is 0 Å². The van der Waals surface area contributed by atoms with Gasteiger partial charge in [0.05, 0.1) is 0 Å². The summed E-state index contributed by atoms with van der Waals surface area (Å²) in [6.07, 6.45) is 0. The van der Waals surface area contributed by atoms with Crippen LogP contribution in [0.5, 0.6) is 0 Å². The van der Waals surface area contributed by atoms with E-state index in [0.717, 1.165) is 8.19 Å². The van der Waals surface area contributed by atoms with E-state index in [1.54, 1.807) is 0 Å². The molecule has 0 nitrogen and oxygen atoms in total. The van der Waals surface area contributed by atoms with Crippen LogP contribution < -0.4 is 0 Å². The Hall–Kier alpha value is -0.820. The van der Waals surface area contributed by atoms with Gasteiger partial charge in [-0.25, -0.2) is 0 Å². The number of thiophene rings is 2. The van der Waals surface area contributed by atoms with E-state index in [0.29, 0.717) is 0 Å². The lowest BCUT2D eigenvalue weighted by Gasteiger charge is -1.90. The molecule has 0 atom stereocenters. The second-order valence-electron chi connectivity index (χ2n) is 3.24. The summed E-state index contributed by atoms with van der Waals surface area (Å²) in [6, 6.07) is 13.2. The summed E-state index contributed by atoms with van der Waals surface area (Å²) in [5, 5.41) is 7.25. The van der Waals surface area contributed by atoms with Crippen molar-refractivity contribution in [3.63, 3.8) is 0 Å². The van der Waals surface area contributed by atoms with Gasteiger partial charge < -0.3 is 0 Å². The molecule has 0 unspecified atom stereocenters. The molecule has 0 amide bonds. The van der Waals surface area contributed by atoms with Crippen LogP contribution in [0, 0.1) is 0 Å². The Bertz CT molecular complexity index is 483. The van der Waals surface area contributed by atoms with E-state index in [-0.39, 0.29) is 0 Å². The minimum absolute atomic E-state index is 0.823. The molecule has 0 fully saturated rings. The van der Waals surface area contributed by atoms with E-state index in [1.165, 1.54) is 20.3 Å². The lowest BCUT2D eigenvalue weighted by molar-refractivity contribution is 1.91. The van der Waals surface area contributed by atoms with E-state index in [1.807, 2.05) is 22.7 Å². The summed E-state index contributed by atoms with van der Waals surface area (Å²) in [5.41, 5.74) is 0. The van der Waals surface area contributed by atoms with Gasteiger partial charge in [-0.15, -0.1) is 30.9 Å². The summed E-state index contributed by atoms with van der Waals surface area (Å²) in [4.78, 5) is 2.83. The lowest BCUT2D eigenvalue weighted by atomic mass is 10.3. The van der Waals surface area contributed by atoms with E-state index in [4.69, 9.17) is 0 Å². The predicted molar refractivity (Wildman–Crippen MR) is 72.6 cm³/mol. The van der Waals surface area contributed by atoms with Gasteiger partial charge in [0.25, 0.3) is 0 Å². The zero-order valence-electron chi connectivity index (χ0n) is 7.94. The van der Waals surface area contributed by atoms with Crippen LogP contribution >= 0.6 is 30.9 Å². The average molecular weight is 248 g/mol. The first kappa shape index (κ1) is 9.41. The second kappa shape index (κ2) is 3.97. The van der Waals surface area contributed by atoms with Crippen LogP contribution in [0.1, 0.15) is 0 Å². The Kier molecular flexibility index (Phi) is 2.49. The number of rotatable bonds is 2. The minimum atomic E-state index is 0.823. The van der Waals surface area contributed by atoms with Crippen LogP contribution in [-0.2, 0) is 0 Å². The standard InChI is InChI=1S/C12H9PS2/c1-3-11(14-7-1)9-5-6-10(13-9)12-4-2-8-15-12/h1-8,13H. The van der Waals surface area contributed by atoms with Crippen LogP contribution in [0.4, 0.5) is 0 Å². The molecule has 0 spiro atoms. The highest BCUT2D eigenvalue weighted by Gasteiger charge is 2.04. The zero-order valence-corrected chi connectivity index (χ0v) is 10.6. The Morgan fingerprint density at radius 1 is 0.733 bits per heavy atom. The van der Waals surface area contributed by atoms with Crippen molar-refractivity contribution in [2.24, 2.45) is 0 Å². The third-order valence-electron chi connectivity index (χ3n) is 2.26. The normalized spacial score (nSPS) is 10.7. The van der Waals surface area contributed by atoms with Crippen LogP contribution in [0.3, 0.4) is 0 Å². The minimum Gasteiger partial charge on any atom is -0.144 e. The molecule has 0 aliphatic heterocycles. The van der Waals surface area contributed by atoms with Crippen LogP contribution in [0.25, 0.3) is 20.3 Å². The molecule has 0 aromatic carbocycles. The third-order valence-corrected chi connectivity index (χ3v) is 5.84. The highest BCUT2D eigenvalue weighted by atomic mass is 32.1. The fraction of sp³-hybridized carbons (Fsp3) is 0. The molecule has 15 heavy (non-hydrogen) atoms. The Morgan fingerprint density at radius 3 is 1.67 bits per heavy atom. The molecule has 74 valence electrons. The maximum atomic E-state index is 2.26. The number of hydrogen-bond acceptors (Lipinski definition) is 2. The molecule has 3 aromatic rings. The van der Waals surface area contributed by atoms with Crippen molar-refractivity contribution >= 4 is 30.9 Å². The SMILES string of the molecule is c1csc(-c2ccc(-c3cccs3)[pH]2)c1. The van der Waals surface area contributed by atoms with Gasteiger partial charge in [-0.3, -0.25) is 0 Å². The largest absolute Gasteiger partial charge is 0.144 e. The van der Waals surface area contributed by atoms with Crippen LogP contribution in [0.15, 0.2) is 47.2 Å². The van der Waals surface area contributed by atoms with Gasteiger partial charge >= 0.3 is 0 Å². The molecular formula is C12H9PS2. The molecule has 0 saturated carbocycles. The summed E-state index contributed by atoms with van der Waals surface area (Å²) < 4.78 is 0. The molecule has 0 N–H and O–H groups in total. The fourth-order valence-corrected chi connectivity index (χ4v) is 4.55. The molecule has 0 aliphatic rings. The molecule has 0 radical (unpaired) electrons. The van der Waals surface area contributed by atoms with Gasteiger partial charge in [0.1, 0.15) is 0 Å². The average Bonchev–Trinajstić information content (AvgIpc) is 3.02. The van der Waals surface area contributed by atoms with E-state index in [9.17, 15) is 0 Å². The van der Waals surface area contributed by atoms with Gasteiger partial charge in [0.15, 0.2) is 0 Å². The molecule has 0 saturated heterocycles. The Balaban J connectivity index is 2.02. The smallest absolute Gasteiger partial charge is 0.0380 e. The van der Waals surface area contributed by atoms with Crippen molar-refractivity contribution in [2.75, 3.05) is 0 Å². The van der Waals surface area contributed by atoms with E-state index in [2.05, 4.69) is 47.2 Å². The Labute approximate surface area is 98.3 Å². The van der Waals surface area contributed by atoms with Crippen molar-refractivity contribution in [3.8, 4) is 20.3 Å². The Morgan fingerprint density at radius 2 is 1.27 bits per heavy atom. The molecule has 3 aromatic heterocycles. The maximum absolute atomic E-state index is 2.26. The van der Waals surface area contributed by atoms with Gasteiger partial charge in [-0.1, -0.05) is 12.1 Å². The van der Waals surface area contributed by atoms with Gasteiger partial charge in [-0.05, 0) is 35.0 Å². The van der Waals surface area contributed by atoms with Crippen molar-refractivity contribution in [1.82, 2.24) is 0 Å². The lowest BCUT2D eigenvalue weighted by Crippen LogP contribution is -1.55. The number of hydrogen-bond donors (Lipinski definition) is 0. The van der Waals surface area contributed by atoms with Gasteiger partial charge in [0, 0.05) is 20.3 Å². The first-order valence-electron chi connectivity index (χ1n) is 4.70. The van der Waals surface area contributed by atoms with Crippen LogP contribution in [-0.4, -0.2) is 0 Å². The first-order chi connectivity index (χ1) is 7.43. The summed E-state index contributed by atoms with van der Waals surface area (Å²) in [6.45, 7) is 0. The third kappa shape index (κ3) is 1.81. The molecule has 3 heteroatoms. The summed E-state index contributed by atoms with van der Waals surface area (Å²) >= 11 is 3.66. The van der Waals surface area contributed by atoms with E-state index < -0.39 is 0 Å². The summed E-state index contributed by atoms with van der Waals surface area (Å²) in [7, 11) is 0.823. The molecule has 3 heterocycles. The van der Waals surface area contributed by atoms with Gasteiger partial charge in [-0.2, -0.15) is 0 Å². The predicted octanol–water partition coefficient (Wildman–Crippen LogP) is 5.17. The quantitative estimate of drug-likeness (QED) is 0.586. The summed E-state index contributed by atoms with van der Waals surface area (Å²) in [5.74, 6) is 0. The maximum Gasteiger partial charge on any atom is 0.0380 e. The fourth-order valence-electron chi connectivity index (χ4n) is 1.55. The van der Waals surface area contributed by atoms with Gasteiger partial charge in [0.2, 0.25) is 0 Å². The van der Waals surface area contributed by atoms with Crippen molar-refractivity contribution in [3.05, 3.63) is 47.2 Å². The molecular weight excluding hydrogens is 239 g/mol. The highest BCUT2D eigenvalue weighted by Crippen LogP contribution is 2.41. The topological polar surface area (TPSA) is 0 Å². The van der Waals surface area contributed by atoms with Crippen molar-refractivity contribution in [2.45, 2.75) is 0 Å². The molecule has 3 rings (SSSR count).